The summed E-state index contributed by atoms with van der Waals surface area (Å²) in [6, 6.07) is 0. The lowest BCUT2D eigenvalue weighted by Crippen LogP contribution is -2.44. The lowest BCUT2D eigenvalue weighted by atomic mass is 9.99. The van der Waals surface area contributed by atoms with Gasteiger partial charge in [-0.3, -0.25) is 0 Å². The highest BCUT2D eigenvalue weighted by atomic mass is 15.2. The van der Waals surface area contributed by atoms with Crippen LogP contribution in [-0.4, -0.2) is 63.2 Å². The fourth-order valence-electron chi connectivity index (χ4n) is 1.91. The van der Waals surface area contributed by atoms with E-state index >= 15 is 0 Å². The minimum Gasteiger partial charge on any atom is -0.316 e. The SMILES string of the molecule is CCCN(CCC1CNC1)CCN(C)C. The molecule has 1 N–H and O–H groups in total. The molecule has 0 saturated carbocycles. The van der Waals surface area contributed by atoms with Crippen molar-refractivity contribution < 1.29 is 0 Å². The van der Waals surface area contributed by atoms with Gasteiger partial charge in [0, 0.05) is 13.1 Å². The maximum atomic E-state index is 3.34. The van der Waals surface area contributed by atoms with Gasteiger partial charge in [-0.1, -0.05) is 6.92 Å². The molecule has 0 radical (unpaired) electrons. The summed E-state index contributed by atoms with van der Waals surface area (Å²) in [4.78, 5) is 4.88. The van der Waals surface area contributed by atoms with Gasteiger partial charge in [0.15, 0.2) is 0 Å². The normalized spacial score (nSPS) is 17.4. The third-order valence-electron chi connectivity index (χ3n) is 3.12. The van der Waals surface area contributed by atoms with Gasteiger partial charge in [-0.2, -0.15) is 0 Å². The fourth-order valence-corrected chi connectivity index (χ4v) is 1.91. The molecule has 3 nitrogen and oxygen atoms in total. The van der Waals surface area contributed by atoms with Gasteiger partial charge in [0.25, 0.3) is 0 Å². The van der Waals surface area contributed by atoms with Gasteiger partial charge in [-0.05, 0) is 59.0 Å². The first-order valence-electron chi connectivity index (χ1n) is 6.30. The summed E-state index contributed by atoms with van der Waals surface area (Å²) >= 11 is 0. The molecule has 0 aromatic rings. The van der Waals surface area contributed by atoms with Crippen molar-refractivity contribution in [2.45, 2.75) is 19.8 Å². The lowest BCUT2D eigenvalue weighted by Gasteiger charge is -2.30. The highest BCUT2D eigenvalue weighted by Crippen LogP contribution is 2.09. The van der Waals surface area contributed by atoms with Crippen molar-refractivity contribution in [1.29, 1.82) is 0 Å². The standard InChI is InChI=1S/C12H27N3/c1-4-6-15(9-8-14(2)3)7-5-12-10-13-11-12/h12-13H,4-11H2,1-3H3. The van der Waals surface area contributed by atoms with E-state index in [0.717, 1.165) is 5.92 Å². The number of rotatable bonds is 8. The predicted octanol–water partition coefficient (Wildman–Crippen LogP) is 0.870. The zero-order valence-electron chi connectivity index (χ0n) is 10.6. The van der Waals surface area contributed by atoms with Crippen molar-refractivity contribution >= 4 is 0 Å². The Morgan fingerprint density at radius 3 is 2.27 bits per heavy atom. The second-order valence-corrected chi connectivity index (χ2v) is 4.96. The van der Waals surface area contributed by atoms with E-state index in [-0.39, 0.29) is 0 Å². The summed E-state index contributed by atoms with van der Waals surface area (Å²) in [7, 11) is 4.31. The summed E-state index contributed by atoms with van der Waals surface area (Å²) in [6.45, 7) is 9.71. The Balaban J connectivity index is 2.10. The van der Waals surface area contributed by atoms with Crippen LogP contribution >= 0.6 is 0 Å². The average Bonchev–Trinajstić information content (AvgIpc) is 2.11. The van der Waals surface area contributed by atoms with Gasteiger partial charge in [0.1, 0.15) is 0 Å². The van der Waals surface area contributed by atoms with Crippen LogP contribution in [0.1, 0.15) is 19.8 Å². The highest BCUT2D eigenvalue weighted by molar-refractivity contribution is 4.75. The average molecular weight is 213 g/mol. The number of hydrogen-bond acceptors (Lipinski definition) is 3. The van der Waals surface area contributed by atoms with E-state index in [0.29, 0.717) is 0 Å². The summed E-state index contributed by atoms with van der Waals surface area (Å²) < 4.78 is 0. The van der Waals surface area contributed by atoms with Gasteiger partial charge in [-0.25, -0.2) is 0 Å². The van der Waals surface area contributed by atoms with Crippen LogP contribution in [0, 0.1) is 5.92 Å². The molecule has 0 aromatic heterocycles. The van der Waals surface area contributed by atoms with Crippen molar-refractivity contribution in [2.24, 2.45) is 5.92 Å². The van der Waals surface area contributed by atoms with Crippen LogP contribution in [0.2, 0.25) is 0 Å². The second-order valence-electron chi connectivity index (χ2n) is 4.96. The predicted molar refractivity (Wildman–Crippen MR) is 66.3 cm³/mol. The molecule has 0 aliphatic carbocycles. The molecule has 0 amide bonds. The topological polar surface area (TPSA) is 18.5 Å². The summed E-state index contributed by atoms with van der Waals surface area (Å²) in [5, 5.41) is 3.34. The van der Waals surface area contributed by atoms with Crippen LogP contribution in [0.4, 0.5) is 0 Å². The number of hydrogen-bond donors (Lipinski definition) is 1. The molecule has 0 aromatic carbocycles. The van der Waals surface area contributed by atoms with Crippen LogP contribution < -0.4 is 5.32 Å². The van der Waals surface area contributed by atoms with Crippen molar-refractivity contribution in [3.8, 4) is 0 Å². The van der Waals surface area contributed by atoms with Crippen LogP contribution in [0.3, 0.4) is 0 Å². The Hall–Kier alpha value is -0.120. The molecule has 1 aliphatic heterocycles. The molecule has 90 valence electrons. The van der Waals surface area contributed by atoms with Gasteiger partial charge in [-0.15, -0.1) is 0 Å². The van der Waals surface area contributed by atoms with E-state index in [1.54, 1.807) is 0 Å². The van der Waals surface area contributed by atoms with Gasteiger partial charge in [0.05, 0.1) is 0 Å². The Labute approximate surface area is 94.8 Å². The molecule has 1 saturated heterocycles. The summed E-state index contributed by atoms with van der Waals surface area (Å²) in [6.07, 6.45) is 2.65. The van der Waals surface area contributed by atoms with Gasteiger partial charge < -0.3 is 15.1 Å². The molecule has 0 atom stereocenters. The van der Waals surface area contributed by atoms with E-state index in [9.17, 15) is 0 Å². The molecule has 1 fully saturated rings. The molecule has 1 rings (SSSR count). The summed E-state index contributed by atoms with van der Waals surface area (Å²) in [5.41, 5.74) is 0. The molecule has 1 aliphatic rings. The van der Waals surface area contributed by atoms with Crippen molar-refractivity contribution in [3.05, 3.63) is 0 Å². The van der Waals surface area contributed by atoms with Gasteiger partial charge >= 0.3 is 0 Å². The van der Waals surface area contributed by atoms with E-state index in [1.165, 1.54) is 52.1 Å². The molecule has 0 bridgehead atoms. The first-order chi connectivity index (χ1) is 7.22. The van der Waals surface area contributed by atoms with Crippen LogP contribution in [0.15, 0.2) is 0 Å². The first-order valence-corrected chi connectivity index (χ1v) is 6.30. The third-order valence-corrected chi connectivity index (χ3v) is 3.12. The lowest BCUT2D eigenvalue weighted by molar-refractivity contribution is 0.208. The molecule has 1 heterocycles. The van der Waals surface area contributed by atoms with Crippen molar-refractivity contribution in [1.82, 2.24) is 15.1 Å². The zero-order valence-corrected chi connectivity index (χ0v) is 10.6. The van der Waals surface area contributed by atoms with Crippen molar-refractivity contribution in [2.75, 3.05) is 53.4 Å². The van der Waals surface area contributed by atoms with Crippen LogP contribution in [0.25, 0.3) is 0 Å². The minimum absolute atomic E-state index is 0.948. The molecular weight excluding hydrogens is 186 g/mol. The third kappa shape index (κ3) is 5.50. The van der Waals surface area contributed by atoms with Crippen LogP contribution in [0.5, 0.6) is 0 Å². The maximum Gasteiger partial charge on any atom is 0.0109 e. The fraction of sp³-hybridized carbons (Fsp3) is 1.00. The number of nitrogens with one attached hydrogen (secondary N) is 1. The Morgan fingerprint density at radius 1 is 1.07 bits per heavy atom. The number of likely N-dealkylation sites (N-methyl/N-ethyl adjacent to an activating group) is 1. The molecule has 15 heavy (non-hydrogen) atoms. The van der Waals surface area contributed by atoms with Crippen LogP contribution in [-0.2, 0) is 0 Å². The van der Waals surface area contributed by atoms with E-state index in [1.807, 2.05) is 0 Å². The zero-order chi connectivity index (χ0) is 11.1. The first kappa shape index (κ1) is 12.9. The molecular formula is C12H27N3. The minimum atomic E-state index is 0.948. The number of nitrogens with zero attached hydrogens (tertiary/aromatic N) is 2. The smallest absolute Gasteiger partial charge is 0.0109 e. The molecule has 3 heteroatoms. The Bertz CT molecular complexity index is 155. The van der Waals surface area contributed by atoms with E-state index in [2.05, 4.69) is 36.1 Å². The highest BCUT2D eigenvalue weighted by Gasteiger charge is 2.17. The van der Waals surface area contributed by atoms with E-state index in [4.69, 9.17) is 0 Å². The van der Waals surface area contributed by atoms with Gasteiger partial charge in [0.2, 0.25) is 0 Å². The molecule has 0 spiro atoms. The van der Waals surface area contributed by atoms with Crippen molar-refractivity contribution in [3.63, 3.8) is 0 Å². The quantitative estimate of drug-likeness (QED) is 0.645. The maximum absolute atomic E-state index is 3.34. The monoisotopic (exact) mass is 213 g/mol. The second kappa shape index (κ2) is 7.20. The largest absolute Gasteiger partial charge is 0.316 e. The summed E-state index contributed by atoms with van der Waals surface area (Å²) in [5.74, 6) is 0.948. The molecule has 0 unspecified atom stereocenters. The van der Waals surface area contributed by atoms with E-state index < -0.39 is 0 Å². The Kier molecular flexibility index (Phi) is 6.22. The Morgan fingerprint density at radius 2 is 1.80 bits per heavy atom.